The van der Waals surface area contributed by atoms with Gasteiger partial charge in [-0.2, -0.15) is 4.98 Å². The molecule has 0 saturated heterocycles. The minimum Gasteiger partial charge on any atom is -0.422 e. The molecule has 68 valence electrons. The highest BCUT2D eigenvalue weighted by Gasteiger charge is 2.03. The summed E-state index contributed by atoms with van der Waals surface area (Å²) in [5.41, 5.74) is 6.62. The molecule has 0 aliphatic heterocycles. The first-order valence-corrected chi connectivity index (χ1v) is 4.05. The first-order chi connectivity index (χ1) is 6.40. The molecule has 0 spiro atoms. The summed E-state index contributed by atoms with van der Waals surface area (Å²) >= 11 is 0. The molecule has 0 radical (unpaired) electrons. The van der Waals surface area contributed by atoms with Crippen molar-refractivity contribution in [2.75, 3.05) is 18.4 Å². The lowest BCUT2D eigenvalue weighted by atomic mass is 10.5. The first kappa shape index (κ1) is 8.00. The van der Waals surface area contributed by atoms with Gasteiger partial charge in [0, 0.05) is 19.3 Å². The van der Waals surface area contributed by atoms with Crippen molar-refractivity contribution in [3.05, 3.63) is 18.3 Å². The highest BCUT2D eigenvalue weighted by atomic mass is 16.4. The molecule has 0 unspecified atom stereocenters. The van der Waals surface area contributed by atoms with E-state index in [1.165, 1.54) is 0 Å². The smallest absolute Gasteiger partial charge is 0.297 e. The summed E-state index contributed by atoms with van der Waals surface area (Å²) in [4.78, 5) is 8.14. The molecule has 0 aliphatic carbocycles. The highest BCUT2D eigenvalue weighted by Crippen LogP contribution is 2.15. The maximum Gasteiger partial charge on any atom is 0.297 e. The van der Waals surface area contributed by atoms with Crippen LogP contribution in [0.25, 0.3) is 11.2 Å². The van der Waals surface area contributed by atoms with Crippen molar-refractivity contribution in [1.82, 2.24) is 9.97 Å². The Labute approximate surface area is 75.0 Å². The Bertz CT molecular complexity index is 365. The Morgan fingerprint density at radius 1 is 1.54 bits per heavy atom. The van der Waals surface area contributed by atoms with Crippen LogP contribution in [0.1, 0.15) is 0 Å². The summed E-state index contributed by atoms with van der Waals surface area (Å²) in [5, 5.41) is 2.94. The van der Waals surface area contributed by atoms with Gasteiger partial charge in [0.25, 0.3) is 6.01 Å². The lowest BCUT2D eigenvalue weighted by molar-refractivity contribution is 0.615. The predicted molar refractivity (Wildman–Crippen MR) is 49.3 cm³/mol. The van der Waals surface area contributed by atoms with Crippen molar-refractivity contribution < 1.29 is 4.42 Å². The van der Waals surface area contributed by atoms with E-state index in [1.807, 2.05) is 6.07 Å². The number of oxazole rings is 1. The third-order valence-electron chi connectivity index (χ3n) is 1.59. The van der Waals surface area contributed by atoms with Crippen molar-refractivity contribution in [3.63, 3.8) is 0 Å². The van der Waals surface area contributed by atoms with Crippen LogP contribution in [-0.2, 0) is 0 Å². The van der Waals surface area contributed by atoms with Crippen LogP contribution in [0.2, 0.25) is 0 Å². The topological polar surface area (TPSA) is 77.0 Å². The molecule has 2 rings (SSSR count). The van der Waals surface area contributed by atoms with Crippen LogP contribution in [0.15, 0.2) is 22.7 Å². The van der Waals surface area contributed by atoms with E-state index in [4.69, 9.17) is 10.2 Å². The number of rotatable bonds is 3. The minimum atomic E-state index is 0.471. The number of nitrogens with zero attached hydrogens (tertiary/aromatic N) is 2. The van der Waals surface area contributed by atoms with Crippen LogP contribution in [0.4, 0.5) is 6.01 Å². The van der Waals surface area contributed by atoms with Gasteiger partial charge in [-0.3, -0.25) is 0 Å². The molecule has 0 bridgehead atoms. The fraction of sp³-hybridized carbons (Fsp3) is 0.250. The fourth-order valence-corrected chi connectivity index (χ4v) is 1.02. The maximum absolute atomic E-state index is 5.33. The molecule has 3 N–H and O–H groups in total. The Hall–Kier alpha value is -1.62. The Morgan fingerprint density at radius 3 is 3.23 bits per heavy atom. The van der Waals surface area contributed by atoms with Gasteiger partial charge in [-0.1, -0.05) is 0 Å². The number of hydrogen-bond acceptors (Lipinski definition) is 5. The van der Waals surface area contributed by atoms with Gasteiger partial charge < -0.3 is 15.5 Å². The van der Waals surface area contributed by atoms with Gasteiger partial charge in [0.05, 0.1) is 0 Å². The molecule has 0 aliphatic rings. The summed E-state index contributed by atoms with van der Waals surface area (Å²) < 4.78 is 5.33. The molecule has 0 saturated carbocycles. The standard InChI is InChI=1S/C8H10N4O/c9-3-5-11-8-12-7-6(13-8)2-1-4-10-7/h1-2,4H,3,5,9H2,(H,10,11,12). The third kappa shape index (κ3) is 1.59. The highest BCUT2D eigenvalue weighted by molar-refractivity contribution is 5.69. The van der Waals surface area contributed by atoms with Gasteiger partial charge >= 0.3 is 0 Å². The molecule has 0 aromatic carbocycles. The maximum atomic E-state index is 5.33. The molecule has 5 nitrogen and oxygen atoms in total. The molecule has 0 fully saturated rings. The molecule has 2 aromatic heterocycles. The summed E-state index contributed by atoms with van der Waals surface area (Å²) in [6, 6.07) is 4.10. The van der Waals surface area contributed by atoms with Gasteiger partial charge in [0.2, 0.25) is 5.65 Å². The quantitative estimate of drug-likeness (QED) is 0.719. The van der Waals surface area contributed by atoms with E-state index in [0.717, 1.165) is 0 Å². The van der Waals surface area contributed by atoms with E-state index in [-0.39, 0.29) is 0 Å². The first-order valence-electron chi connectivity index (χ1n) is 4.05. The minimum absolute atomic E-state index is 0.471. The summed E-state index contributed by atoms with van der Waals surface area (Å²) in [6.45, 7) is 1.19. The molecule has 2 heterocycles. The van der Waals surface area contributed by atoms with Gasteiger partial charge in [0.15, 0.2) is 5.58 Å². The van der Waals surface area contributed by atoms with Crippen molar-refractivity contribution in [2.45, 2.75) is 0 Å². The number of aromatic nitrogens is 2. The number of nitrogens with one attached hydrogen (secondary N) is 1. The van der Waals surface area contributed by atoms with Crippen LogP contribution in [0.3, 0.4) is 0 Å². The van der Waals surface area contributed by atoms with E-state index in [1.54, 1.807) is 12.3 Å². The molecular formula is C8H10N4O. The molecule has 0 amide bonds. The van der Waals surface area contributed by atoms with E-state index < -0.39 is 0 Å². The molecule has 13 heavy (non-hydrogen) atoms. The SMILES string of the molecule is NCCNc1nc2ncccc2o1. The summed E-state index contributed by atoms with van der Waals surface area (Å²) in [6.07, 6.45) is 1.68. The second-order valence-electron chi connectivity index (χ2n) is 2.56. The average molecular weight is 178 g/mol. The summed E-state index contributed by atoms with van der Waals surface area (Å²) in [5.74, 6) is 0. The van der Waals surface area contributed by atoms with Crippen LogP contribution in [-0.4, -0.2) is 23.1 Å². The Balaban J connectivity index is 2.28. The lowest BCUT2D eigenvalue weighted by Gasteiger charge is -1.94. The number of nitrogens with two attached hydrogens (primary N) is 1. The average Bonchev–Trinajstić information content (AvgIpc) is 2.57. The number of anilines is 1. The predicted octanol–water partition coefficient (Wildman–Crippen LogP) is 0.593. The van der Waals surface area contributed by atoms with Gasteiger partial charge in [-0.25, -0.2) is 4.98 Å². The second kappa shape index (κ2) is 3.40. The second-order valence-corrected chi connectivity index (χ2v) is 2.56. The third-order valence-corrected chi connectivity index (χ3v) is 1.59. The van der Waals surface area contributed by atoms with Crippen molar-refractivity contribution >= 4 is 17.2 Å². The zero-order valence-electron chi connectivity index (χ0n) is 7.03. The van der Waals surface area contributed by atoms with Crippen molar-refractivity contribution in [1.29, 1.82) is 0 Å². The van der Waals surface area contributed by atoms with Gasteiger partial charge in [0.1, 0.15) is 0 Å². The Kier molecular flexibility index (Phi) is 2.09. The molecule has 5 heteroatoms. The zero-order chi connectivity index (χ0) is 9.10. The number of pyridine rings is 1. The van der Waals surface area contributed by atoms with Crippen LogP contribution in [0.5, 0.6) is 0 Å². The molecule has 2 aromatic rings. The lowest BCUT2D eigenvalue weighted by Crippen LogP contribution is -2.13. The van der Waals surface area contributed by atoms with Gasteiger partial charge in [-0.05, 0) is 12.1 Å². The van der Waals surface area contributed by atoms with Gasteiger partial charge in [-0.15, -0.1) is 0 Å². The van der Waals surface area contributed by atoms with Crippen LogP contribution < -0.4 is 11.1 Å². The summed E-state index contributed by atoms with van der Waals surface area (Å²) in [7, 11) is 0. The normalized spacial score (nSPS) is 10.5. The monoisotopic (exact) mass is 178 g/mol. The molecule has 0 atom stereocenters. The number of hydrogen-bond donors (Lipinski definition) is 2. The Morgan fingerprint density at radius 2 is 2.46 bits per heavy atom. The van der Waals surface area contributed by atoms with E-state index in [0.29, 0.717) is 30.3 Å². The van der Waals surface area contributed by atoms with Crippen LogP contribution >= 0.6 is 0 Å². The van der Waals surface area contributed by atoms with E-state index in [2.05, 4.69) is 15.3 Å². The van der Waals surface area contributed by atoms with Crippen molar-refractivity contribution in [3.8, 4) is 0 Å². The number of fused-ring (bicyclic) bond motifs is 1. The molecular weight excluding hydrogens is 168 g/mol. The van der Waals surface area contributed by atoms with E-state index in [9.17, 15) is 0 Å². The largest absolute Gasteiger partial charge is 0.422 e. The zero-order valence-corrected chi connectivity index (χ0v) is 7.03. The fourth-order valence-electron chi connectivity index (χ4n) is 1.02. The van der Waals surface area contributed by atoms with Crippen molar-refractivity contribution in [2.24, 2.45) is 5.73 Å². The van der Waals surface area contributed by atoms with E-state index >= 15 is 0 Å². The van der Waals surface area contributed by atoms with Crippen LogP contribution in [0, 0.1) is 0 Å².